The van der Waals surface area contributed by atoms with Crippen LogP contribution < -0.4 is 5.32 Å². The smallest absolute Gasteiger partial charge is 0.327 e. The Balaban J connectivity index is 1.71. The van der Waals surface area contributed by atoms with Crippen LogP contribution in [0.4, 0.5) is 4.79 Å². The van der Waals surface area contributed by atoms with Crippen molar-refractivity contribution >= 4 is 23.6 Å². The molecule has 0 radical (unpaired) electrons. The predicted molar refractivity (Wildman–Crippen MR) is 135 cm³/mol. The van der Waals surface area contributed by atoms with Crippen LogP contribution in [0.25, 0.3) is 0 Å². The van der Waals surface area contributed by atoms with E-state index >= 15 is 0 Å². The number of carbonyl (C=O) groups is 3. The number of aliphatic hydroxyl groups is 2. The maximum atomic E-state index is 13.7. The number of guanidine groups is 1. The number of urea groups is 1. The van der Waals surface area contributed by atoms with E-state index in [0.29, 0.717) is 17.7 Å². The Morgan fingerprint density at radius 2 is 1.73 bits per heavy atom. The molecule has 2 aromatic carbocycles. The number of ether oxygens (including phenoxy) is 1. The van der Waals surface area contributed by atoms with E-state index in [2.05, 4.69) is 5.32 Å². The van der Waals surface area contributed by atoms with Crippen molar-refractivity contribution in [1.29, 1.82) is 5.41 Å². The van der Waals surface area contributed by atoms with E-state index in [4.69, 9.17) is 10.1 Å². The summed E-state index contributed by atoms with van der Waals surface area (Å²) >= 11 is 0. The third-order valence-electron chi connectivity index (χ3n) is 6.98. The number of hydrogen-bond acceptors (Lipinski definition) is 7. The second kappa shape index (κ2) is 10.4. The Kier molecular flexibility index (Phi) is 7.44. The minimum atomic E-state index is -2.30. The number of amides is 2. The fraction of sp³-hybridized carbons (Fsp3) is 0.407. The average Bonchev–Trinajstić information content (AvgIpc) is 3.23. The van der Waals surface area contributed by atoms with Gasteiger partial charge in [0.25, 0.3) is 0 Å². The summed E-state index contributed by atoms with van der Waals surface area (Å²) in [5.74, 6) is -1.46. The van der Waals surface area contributed by atoms with Crippen LogP contribution in [0.3, 0.4) is 0 Å². The lowest BCUT2D eigenvalue weighted by molar-refractivity contribution is -0.104. The largest absolute Gasteiger partial charge is 0.382 e. The van der Waals surface area contributed by atoms with Crippen molar-refractivity contribution in [2.75, 3.05) is 13.2 Å². The number of Topliss-reactive ketones (excluding diaryl/α,β-unsaturated/α-hetero) is 2. The van der Waals surface area contributed by atoms with Gasteiger partial charge in [0.05, 0.1) is 0 Å². The van der Waals surface area contributed by atoms with Gasteiger partial charge < -0.3 is 19.8 Å². The first kappa shape index (κ1) is 26.5. The van der Waals surface area contributed by atoms with Crippen LogP contribution in [0.1, 0.15) is 51.6 Å². The van der Waals surface area contributed by atoms with Gasteiger partial charge in [0.1, 0.15) is 25.1 Å². The summed E-state index contributed by atoms with van der Waals surface area (Å²) in [5.41, 5.74) is -0.589. The van der Waals surface area contributed by atoms with E-state index in [1.165, 1.54) is 4.90 Å². The molecule has 2 aliphatic rings. The summed E-state index contributed by atoms with van der Waals surface area (Å²) < 4.78 is 6.00. The number of ketones is 2. The SMILES string of the molecule is CCCN1CN([C@H]2C[C@@](O)(C(=O)c3ccccc3C)[C@@H](C(O)C(=O)c3ccccc3C)O2)C(=O)NC1=N. The molecule has 10 nitrogen and oxygen atoms in total. The monoisotopic (exact) mass is 508 g/mol. The van der Waals surface area contributed by atoms with Crippen LogP contribution >= 0.6 is 0 Å². The number of aliphatic hydroxyl groups excluding tert-OH is 1. The number of carbonyl (C=O) groups excluding carboxylic acids is 3. The summed E-state index contributed by atoms with van der Waals surface area (Å²) in [6, 6.07) is 12.8. The zero-order chi connectivity index (χ0) is 26.9. The quantitative estimate of drug-likeness (QED) is 0.400. The molecule has 196 valence electrons. The summed E-state index contributed by atoms with van der Waals surface area (Å²) in [6.45, 7) is 5.86. The highest BCUT2D eigenvalue weighted by Gasteiger charge is 2.59. The predicted octanol–water partition coefficient (Wildman–Crippen LogP) is 2.21. The number of nitrogens with zero attached hydrogens (tertiary/aromatic N) is 2. The number of nitrogens with one attached hydrogen (secondary N) is 2. The minimum Gasteiger partial charge on any atom is -0.382 e. The van der Waals surface area contributed by atoms with Crippen LogP contribution in [0, 0.1) is 19.3 Å². The van der Waals surface area contributed by atoms with Gasteiger partial charge in [0, 0.05) is 24.1 Å². The zero-order valence-electron chi connectivity index (χ0n) is 21.1. The minimum absolute atomic E-state index is 0.00758. The summed E-state index contributed by atoms with van der Waals surface area (Å²) in [5, 5.41) is 33.5. The highest BCUT2D eigenvalue weighted by atomic mass is 16.6. The maximum Gasteiger partial charge on any atom is 0.327 e. The molecule has 2 fully saturated rings. The number of hydrogen-bond donors (Lipinski definition) is 4. The van der Waals surface area contributed by atoms with Crippen molar-refractivity contribution in [2.24, 2.45) is 0 Å². The molecule has 4 N–H and O–H groups in total. The molecule has 4 rings (SSSR count). The normalized spacial score (nSPS) is 24.7. The molecule has 0 aromatic heterocycles. The Hall–Kier alpha value is -3.60. The van der Waals surface area contributed by atoms with Crippen LogP contribution in [-0.4, -0.2) is 80.8 Å². The highest BCUT2D eigenvalue weighted by molar-refractivity contribution is 6.06. The fourth-order valence-electron chi connectivity index (χ4n) is 4.91. The second-order valence-electron chi connectivity index (χ2n) is 9.56. The number of benzene rings is 2. The Bertz CT molecular complexity index is 1230. The third kappa shape index (κ3) is 4.87. The van der Waals surface area contributed by atoms with Crippen LogP contribution in [0.15, 0.2) is 48.5 Å². The topological polar surface area (TPSA) is 143 Å². The van der Waals surface area contributed by atoms with Crippen molar-refractivity contribution in [2.45, 2.75) is 57.6 Å². The van der Waals surface area contributed by atoms with Crippen LogP contribution in [-0.2, 0) is 4.74 Å². The number of aryl methyl sites for hydroxylation is 2. The lowest BCUT2D eigenvalue weighted by atomic mass is 9.81. The lowest BCUT2D eigenvalue weighted by Gasteiger charge is -2.39. The standard InChI is InChI=1S/C27H32N4O6/c1-4-13-30-15-31(26(35)29-25(30)28)20-14-27(36,23(34)19-12-8-6-10-17(19)3)24(37-20)22(33)21(32)18-11-7-5-9-16(18)2/h5-12,20,22,24,33,36H,4,13-15H2,1-3H3,(H2,28,29,35)/t20-,22?,24-,27-/m1/s1. The number of rotatable bonds is 8. The molecular weight excluding hydrogens is 476 g/mol. The van der Waals surface area contributed by atoms with Gasteiger partial charge in [-0.1, -0.05) is 55.5 Å². The van der Waals surface area contributed by atoms with E-state index in [-0.39, 0.29) is 30.2 Å². The highest BCUT2D eigenvalue weighted by Crippen LogP contribution is 2.39. The maximum absolute atomic E-state index is 13.7. The van der Waals surface area contributed by atoms with Crippen molar-refractivity contribution in [1.82, 2.24) is 15.1 Å². The van der Waals surface area contributed by atoms with E-state index in [1.54, 1.807) is 67.3 Å². The van der Waals surface area contributed by atoms with Gasteiger partial charge in [-0.3, -0.25) is 25.2 Å². The van der Waals surface area contributed by atoms with Crippen LogP contribution in [0.5, 0.6) is 0 Å². The van der Waals surface area contributed by atoms with Gasteiger partial charge in [-0.25, -0.2) is 4.79 Å². The molecule has 2 aromatic rings. The Labute approximate surface area is 215 Å². The molecule has 2 saturated heterocycles. The lowest BCUT2D eigenvalue weighted by Crippen LogP contribution is -2.62. The van der Waals surface area contributed by atoms with Gasteiger partial charge in [-0.05, 0) is 31.4 Å². The molecule has 1 unspecified atom stereocenters. The molecule has 0 bridgehead atoms. The van der Waals surface area contributed by atoms with Gasteiger partial charge >= 0.3 is 6.03 Å². The molecule has 2 aliphatic heterocycles. The van der Waals surface area contributed by atoms with Crippen LogP contribution in [0.2, 0.25) is 0 Å². The first-order valence-electron chi connectivity index (χ1n) is 12.3. The van der Waals surface area contributed by atoms with Crippen molar-refractivity contribution < 1.29 is 29.3 Å². The van der Waals surface area contributed by atoms with E-state index < -0.39 is 41.6 Å². The molecule has 0 spiro atoms. The molecule has 4 atom stereocenters. The molecule has 2 amide bonds. The molecule has 37 heavy (non-hydrogen) atoms. The molecular formula is C27H32N4O6. The van der Waals surface area contributed by atoms with Crippen molar-refractivity contribution in [3.8, 4) is 0 Å². The van der Waals surface area contributed by atoms with E-state index in [1.807, 2.05) is 6.92 Å². The summed E-state index contributed by atoms with van der Waals surface area (Å²) in [7, 11) is 0. The van der Waals surface area contributed by atoms with E-state index in [9.17, 15) is 24.6 Å². The second-order valence-corrected chi connectivity index (χ2v) is 9.56. The third-order valence-corrected chi connectivity index (χ3v) is 6.98. The summed E-state index contributed by atoms with van der Waals surface area (Å²) in [4.78, 5) is 42.7. The fourth-order valence-corrected chi connectivity index (χ4v) is 4.91. The van der Waals surface area contributed by atoms with Gasteiger partial charge in [0.2, 0.25) is 5.96 Å². The zero-order valence-corrected chi connectivity index (χ0v) is 21.1. The summed E-state index contributed by atoms with van der Waals surface area (Å²) in [6.07, 6.45) is -4.27. The Morgan fingerprint density at radius 1 is 1.14 bits per heavy atom. The first-order chi connectivity index (χ1) is 17.6. The van der Waals surface area contributed by atoms with Crippen molar-refractivity contribution in [3.05, 3.63) is 70.8 Å². The molecule has 10 heteroatoms. The van der Waals surface area contributed by atoms with E-state index in [0.717, 1.165) is 6.42 Å². The Morgan fingerprint density at radius 3 is 2.32 bits per heavy atom. The van der Waals surface area contributed by atoms with Gasteiger partial charge in [-0.15, -0.1) is 0 Å². The first-order valence-corrected chi connectivity index (χ1v) is 12.3. The van der Waals surface area contributed by atoms with Gasteiger partial charge in [-0.2, -0.15) is 0 Å². The van der Waals surface area contributed by atoms with Gasteiger partial charge in [0.15, 0.2) is 17.2 Å². The van der Waals surface area contributed by atoms with Crippen molar-refractivity contribution in [3.63, 3.8) is 0 Å². The molecule has 0 saturated carbocycles. The average molecular weight is 509 g/mol. The molecule has 0 aliphatic carbocycles. The molecule has 2 heterocycles.